The van der Waals surface area contributed by atoms with E-state index < -0.39 is 12.3 Å². The molecule has 0 aromatic carbocycles. The summed E-state index contributed by atoms with van der Waals surface area (Å²) in [6.07, 6.45) is 5.73. The first kappa shape index (κ1) is 19.5. The van der Waals surface area contributed by atoms with Gasteiger partial charge in [-0.15, -0.1) is 0 Å². The lowest BCUT2D eigenvalue weighted by Gasteiger charge is -2.36. The second-order valence-corrected chi connectivity index (χ2v) is 8.05. The van der Waals surface area contributed by atoms with E-state index in [1.807, 2.05) is 13.2 Å². The van der Waals surface area contributed by atoms with Crippen LogP contribution in [0.3, 0.4) is 0 Å². The van der Waals surface area contributed by atoms with E-state index in [1.54, 1.807) is 22.0 Å². The Hall–Kier alpha value is -2.79. The minimum atomic E-state index is -1.33. The largest absolute Gasteiger partial charge is 0.479 e. The zero-order valence-corrected chi connectivity index (χ0v) is 16.9. The molecule has 1 aliphatic rings. The number of rotatable bonds is 4. The predicted molar refractivity (Wildman–Crippen MR) is 107 cm³/mol. The van der Waals surface area contributed by atoms with Gasteiger partial charge in [0, 0.05) is 43.7 Å². The van der Waals surface area contributed by atoms with E-state index >= 15 is 0 Å². The number of hydrogen-bond donors (Lipinski definition) is 2. The number of thiazole rings is 1. The minimum absolute atomic E-state index is 0.208. The number of methoxy groups -OCH3 is 1. The summed E-state index contributed by atoms with van der Waals surface area (Å²) in [6, 6.07) is -0.334. The van der Waals surface area contributed by atoms with Gasteiger partial charge in [-0.05, 0) is 12.8 Å². The van der Waals surface area contributed by atoms with E-state index in [0.717, 1.165) is 15.8 Å². The number of halogens is 1. The van der Waals surface area contributed by atoms with E-state index in [0.29, 0.717) is 16.5 Å². The van der Waals surface area contributed by atoms with Crippen LogP contribution >= 0.6 is 11.3 Å². The molecule has 1 saturated heterocycles. The number of ether oxygens (including phenoxy) is 1. The normalized spacial score (nSPS) is 16.2. The van der Waals surface area contributed by atoms with Gasteiger partial charge in [0.1, 0.15) is 12.2 Å². The van der Waals surface area contributed by atoms with Crippen LogP contribution in [0.1, 0.15) is 12.8 Å². The van der Waals surface area contributed by atoms with Gasteiger partial charge in [-0.2, -0.15) is 5.10 Å². The third-order valence-corrected chi connectivity index (χ3v) is 6.04. The third kappa shape index (κ3) is 3.75. The number of likely N-dealkylation sites (tertiary alicyclic amines) is 1. The number of carbonyl (C=O) groups is 1. The number of alkyl halides is 1. The lowest BCUT2D eigenvalue weighted by molar-refractivity contribution is -0.0293. The minimum Gasteiger partial charge on any atom is -0.479 e. The number of aryl methyl sites for hydroxylation is 1. The first-order valence-corrected chi connectivity index (χ1v) is 9.91. The molecule has 0 aliphatic carbocycles. The molecular formula is C18H21FN6O3S. The topological polar surface area (TPSA) is 105 Å². The molecule has 0 spiro atoms. The van der Waals surface area contributed by atoms with Crippen molar-refractivity contribution in [2.24, 2.45) is 7.05 Å². The predicted octanol–water partition coefficient (Wildman–Crippen LogP) is 2.43. The van der Waals surface area contributed by atoms with Gasteiger partial charge in [0.25, 0.3) is 0 Å². The van der Waals surface area contributed by atoms with Crippen molar-refractivity contribution in [3.63, 3.8) is 0 Å². The highest BCUT2D eigenvalue weighted by molar-refractivity contribution is 7.23. The van der Waals surface area contributed by atoms with Crippen LogP contribution in [0.2, 0.25) is 0 Å². The fourth-order valence-corrected chi connectivity index (χ4v) is 4.27. The molecule has 3 aromatic heterocycles. The van der Waals surface area contributed by atoms with Crippen LogP contribution in [-0.4, -0.2) is 68.3 Å². The molecule has 1 fully saturated rings. The van der Waals surface area contributed by atoms with E-state index in [-0.39, 0.29) is 32.0 Å². The molecular weight excluding hydrogens is 399 g/mol. The van der Waals surface area contributed by atoms with Crippen LogP contribution in [0, 0.1) is 0 Å². The number of fused-ring (bicyclic) bond motifs is 1. The molecule has 4 rings (SSSR count). The van der Waals surface area contributed by atoms with E-state index in [4.69, 9.17) is 4.74 Å². The monoisotopic (exact) mass is 420 g/mol. The molecule has 0 saturated carbocycles. The van der Waals surface area contributed by atoms with Crippen molar-refractivity contribution in [2.75, 3.05) is 32.2 Å². The van der Waals surface area contributed by atoms with Gasteiger partial charge in [-0.1, -0.05) is 11.3 Å². The fourth-order valence-electron chi connectivity index (χ4n) is 3.29. The number of aromatic nitrogens is 4. The van der Waals surface area contributed by atoms with Gasteiger partial charge >= 0.3 is 6.03 Å². The third-order valence-electron chi connectivity index (χ3n) is 5.04. The Balaban J connectivity index is 1.59. The Kier molecular flexibility index (Phi) is 5.09. The second kappa shape index (κ2) is 7.56. The highest BCUT2D eigenvalue weighted by Gasteiger charge is 2.34. The standard InChI is InChI=1S/C18H21FN6O3S/c1-24-9-11(7-21-24)12-8-20-15(28-2)13-14(12)29-16(22-13)23-17(26)25-5-3-18(27,10-19)4-6-25/h7-9,27H,3-6,10H2,1-2H3,(H,22,23,26). The number of nitrogens with one attached hydrogen (secondary N) is 1. The quantitative estimate of drug-likeness (QED) is 0.672. The number of piperidine rings is 1. The fraction of sp³-hybridized carbons (Fsp3) is 0.444. The van der Waals surface area contributed by atoms with Gasteiger partial charge in [-0.25, -0.2) is 19.2 Å². The molecule has 9 nitrogen and oxygen atoms in total. The summed E-state index contributed by atoms with van der Waals surface area (Å²) < 4.78 is 20.7. The number of amides is 2. The summed E-state index contributed by atoms with van der Waals surface area (Å²) in [7, 11) is 3.35. The summed E-state index contributed by atoms with van der Waals surface area (Å²) in [4.78, 5) is 23.0. The summed E-state index contributed by atoms with van der Waals surface area (Å²) in [6.45, 7) is -0.240. The average molecular weight is 420 g/mol. The van der Waals surface area contributed by atoms with Crippen LogP contribution in [0.5, 0.6) is 5.88 Å². The van der Waals surface area contributed by atoms with Gasteiger partial charge in [0.2, 0.25) is 5.88 Å². The summed E-state index contributed by atoms with van der Waals surface area (Å²) in [5.41, 5.74) is 0.956. The van der Waals surface area contributed by atoms with E-state index in [9.17, 15) is 14.3 Å². The van der Waals surface area contributed by atoms with Crippen molar-refractivity contribution in [1.82, 2.24) is 24.6 Å². The molecule has 1 aliphatic heterocycles. The number of urea groups is 1. The molecule has 4 heterocycles. The van der Waals surface area contributed by atoms with Crippen molar-refractivity contribution in [3.8, 4) is 17.0 Å². The lowest BCUT2D eigenvalue weighted by atomic mass is 9.93. The number of nitrogens with zero attached hydrogens (tertiary/aromatic N) is 5. The molecule has 0 atom stereocenters. The van der Waals surface area contributed by atoms with Crippen molar-refractivity contribution in [3.05, 3.63) is 18.6 Å². The van der Waals surface area contributed by atoms with Crippen molar-refractivity contribution < 1.29 is 19.0 Å². The smallest absolute Gasteiger partial charge is 0.323 e. The van der Waals surface area contributed by atoms with E-state index in [2.05, 4.69) is 20.4 Å². The van der Waals surface area contributed by atoms with Crippen LogP contribution in [0.4, 0.5) is 14.3 Å². The zero-order valence-electron chi connectivity index (χ0n) is 16.1. The van der Waals surface area contributed by atoms with Crippen molar-refractivity contribution in [1.29, 1.82) is 0 Å². The number of anilines is 1. The first-order valence-electron chi connectivity index (χ1n) is 9.09. The van der Waals surface area contributed by atoms with Crippen LogP contribution in [-0.2, 0) is 7.05 Å². The van der Waals surface area contributed by atoms with Crippen LogP contribution < -0.4 is 10.1 Å². The molecule has 29 heavy (non-hydrogen) atoms. The molecule has 11 heteroatoms. The number of hydrogen-bond acceptors (Lipinski definition) is 7. The van der Waals surface area contributed by atoms with Crippen molar-refractivity contribution in [2.45, 2.75) is 18.4 Å². The maximum absolute atomic E-state index is 12.9. The molecule has 3 aromatic rings. The summed E-state index contributed by atoms with van der Waals surface area (Å²) >= 11 is 1.32. The van der Waals surface area contributed by atoms with Crippen LogP contribution in [0.15, 0.2) is 18.6 Å². The first-order chi connectivity index (χ1) is 13.9. The average Bonchev–Trinajstić information content (AvgIpc) is 3.33. The Morgan fingerprint density at radius 1 is 1.41 bits per heavy atom. The van der Waals surface area contributed by atoms with Crippen LogP contribution in [0.25, 0.3) is 21.3 Å². The maximum Gasteiger partial charge on any atom is 0.323 e. The molecule has 2 amide bonds. The Labute approximate surface area is 170 Å². The van der Waals surface area contributed by atoms with Gasteiger partial charge in [0.05, 0.1) is 23.6 Å². The lowest BCUT2D eigenvalue weighted by Crippen LogP contribution is -2.49. The summed E-state index contributed by atoms with van der Waals surface area (Å²) in [5.74, 6) is 0.371. The number of carbonyl (C=O) groups excluding carboxylic acids is 1. The molecule has 0 radical (unpaired) electrons. The maximum atomic E-state index is 12.9. The Bertz CT molecular complexity index is 1040. The zero-order chi connectivity index (χ0) is 20.6. The number of aliphatic hydroxyl groups is 1. The summed E-state index contributed by atoms with van der Waals surface area (Å²) in [5, 5.41) is 17.4. The highest BCUT2D eigenvalue weighted by Crippen LogP contribution is 2.38. The van der Waals surface area contributed by atoms with Gasteiger partial charge in [-0.3, -0.25) is 10.00 Å². The molecule has 0 unspecified atom stereocenters. The number of pyridine rings is 1. The SMILES string of the molecule is COc1ncc(-c2cnn(C)c2)c2sc(NC(=O)N3CCC(O)(CF)CC3)nc12. The van der Waals surface area contributed by atoms with Crippen molar-refractivity contribution >= 4 is 32.7 Å². The van der Waals surface area contributed by atoms with Gasteiger partial charge in [0.15, 0.2) is 5.13 Å². The molecule has 154 valence electrons. The highest BCUT2D eigenvalue weighted by atomic mass is 32.1. The Morgan fingerprint density at radius 3 is 2.79 bits per heavy atom. The second-order valence-electron chi connectivity index (χ2n) is 7.06. The Morgan fingerprint density at radius 2 is 2.17 bits per heavy atom. The van der Waals surface area contributed by atoms with Gasteiger partial charge < -0.3 is 14.7 Å². The van der Waals surface area contributed by atoms with E-state index in [1.165, 1.54) is 18.4 Å². The molecule has 0 bridgehead atoms. The molecule has 2 N–H and O–H groups in total.